The molecule has 1 aromatic carbocycles. The van der Waals surface area contributed by atoms with Gasteiger partial charge in [0.05, 0.1) is 31.6 Å². The van der Waals surface area contributed by atoms with Gasteiger partial charge in [0.15, 0.2) is 0 Å². The van der Waals surface area contributed by atoms with Gasteiger partial charge in [-0.25, -0.2) is 14.4 Å². The molecule has 1 amide bonds. The quantitative estimate of drug-likeness (QED) is 0.848. The zero-order valence-corrected chi connectivity index (χ0v) is 14.0. The Hall–Kier alpha value is -2.74. The number of rotatable bonds is 5. The Balaban J connectivity index is 1.62. The minimum absolute atomic E-state index is 0.000475. The summed E-state index contributed by atoms with van der Waals surface area (Å²) in [5.74, 6) is 0.419. The lowest BCUT2D eigenvalue weighted by atomic mass is 10.1. The number of hydrogen-bond acceptors (Lipinski definition) is 6. The number of piperazine rings is 1. The third-order valence-corrected chi connectivity index (χ3v) is 3.92. The highest BCUT2D eigenvalue weighted by Crippen LogP contribution is 2.20. The predicted octanol–water partition coefficient (Wildman–Crippen LogP) is 1.22. The molecule has 8 heteroatoms. The number of anilines is 2. The van der Waals surface area contributed by atoms with E-state index in [-0.39, 0.29) is 12.3 Å². The lowest BCUT2D eigenvalue weighted by molar-refractivity contribution is -0.115. The molecule has 1 aromatic heterocycles. The molecule has 0 atom stereocenters. The molecule has 1 aliphatic rings. The molecule has 0 radical (unpaired) electrons. The molecular weight excluding hydrogens is 325 g/mol. The minimum atomic E-state index is -0.410. The Morgan fingerprint density at radius 1 is 1.32 bits per heavy atom. The van der Waals surface area contributed by atoms with Gasteiger partial charge < -0.3 is 20.3 Å². The molecule has 0 saturated carbocycles. The van der Waals surface area contributed by atoms with Crippen molar-refractivity contribution in [2.75, 3.05) is 43.5 Å². The fourth-order valence-corrected chi connectivity index (χ4v) is 2.68. The Kier molecular flexibility index (Phi) is 5.39. The molecule has 2 aromatic rings. The standard InChI is InChI=1S/C17H20FN5O2/c1-25-15-3-2-13(18)8-12(15)9-16(24)22-14-10-20-17(21-11-14)23-6-4-19-5-7-23/h2-3,8,10-11,19H,4-7,9H2,1H3,(H,22,24). The second-order valence-corrected chi connectivity index (χ2v) is 5.69. The summed E-state index contributed by atoms with van der Waals surface area (Å²) in [6.07, 6.45) is 3.15. The first-order chi connectivity index (χ1) is 12.2. The molecule has 132 valence electrons. The average molecular weight is 345 g/mol. The van der Waals surface area contributed by atoms with E-state index in [0.717, 1.165) is 26.2 Å². The number of carbonyl (C=O) groups is 1. The van der Waals surface area contributed by atoms with Crippen LogP contribution in [0.4, 0.5) is 16.0 Å². The van der Waals surface area contributed by atoms with Crippen molar-refractivity contribution in [2.45, 2.75) is 6.42 Å². The molecule has 1 saturated heterocycles. The van der Waals surface area contributed by atoms with E-state index in [1.165, 1.54) is 25.3 Å². The molecule has 3 rings (SSSR count). The monoisotopic (exact) mass is 345 g/mol. The molecule has 2 N–H and O–H groups in total. The van der Waals surface area contributed by atoms with Crippen molar-refractivity contribution in [3.63, 3.8) is 0 Å². The second-order valence-electron chi connectivity index (χ2n) is 5.69. The van der Waals surface area contributed by atoms with Crippen molar-refractivity contribution in [1.29, 1.82) is 0 Å². The summed E-state index contributed by atoms with van der Waals surface area (Å²) >= 11 is 0. The van der Waals surface area contributed by atoms with Crippen LogP contribution in [-0.4, -0.2) is 49.2 Å². The molecular formula is C17H20FN5O2. The van der Waals surface area contributed by atoms with E-state index < -0.39 is 5.82 Å². The molecule has 1 aliphatic heterocycles. The Morgan fingerprint density at radius 3 is 2.72 bits per heavy atom. The second kappa shape index (κ2) is 7.89. The van der Waals surface area contributed by atoms with Crippen molar-refractivity contribution < 1.29 is 13.9 Å². The maximum Gasteiger partial charge on any atom is 0.229 e. The zero-order valence-electron chi connectivity index (χ0n) is 14.0. The average Bonchev–Trinajstić information content (AvgIpc) is 2.63. The van der Waals surface area contributed by atoms with E-state index in [1.807, 2.05) is 0 Å². The summed E-state index contributed by atoms with van der Waals surface area (Å²) in [7, 11) is 1.48. The normalized spacial score (nSPS) is 14.2. The fraction of sp³-hybridized carbons (Fsp3) is 0.353. The Bertz CT molecular complexity index is 732. The van der Waals surface area contributed by atoms with Crippen LogP contribution >= 0.6 is 0 Å². The number of amides is 1. The van der Waals surface area contributed by atoms with Crippen LogP contribution in [0.25, 0.3) is 0 Å². The van der Waals surface area contributed by atoms with Gasteiger partial charge >= 0.3 is 0 Å². The summed E-state index contributed by atoms with van der Waals surface area (Å²) in [5, 5.41) is 5.99. The van der Waals surface area contributed by atoms with E-state index in [0.29, 0.717) is 22.9 Å². The van der Waals surface area contributed by atoms with Crippen LogP contribution in [-0.2, 0) is 11.2 Å². The molecule has 7 nitrogen and oxygen atoms in total. The van der Waals surface area contributed by atoms with Crippen molar-refractivity contribution >= 4 is 17.5 Å². The highest BCUT2D eigenvalue weighted by molar-refractivity contribution is 5.92. The van der Waals surface area contributed by atoms with Crippen LogP contribution in [0.1, 0.15) is 5.56 Å². The number of halogens is 1. The first-order valence-electron chi connectivity index (χ1n) is 8.05. The third kappa shape index (κ3) is 4.42. The van der Waals surface area contributed by atoms with Gasteiger partial charge in [-0.05, 0) is 18.2 Å². The van der Waals surface area contributed by atoms with Crippen molar-refractivity contribution in [2.24, 2.45) is 0 Å². The van der Waals surface area contributed by atoms with Crippen LogP contribution in [0.3, 0.4) is 0 Å². The summed E-state index contributed by atoms with van der Waals surface area (Å²) in [5.41, 5.74) is 0.984. The lowest BCUT2D eigenvalue weighted by Crippen LogP contribution is -2.44. The molecule has 2 heterocycles. The highest BCUT2D eigenvalue weighted by atomic mass is 19.1. The molecule has 0 bridgehead atoms. The summed E-state index contributed by atoms with van der Waals surface area (Å²) in [6.45, 7) is 3.50. The predicted molar refractivity (Wildman–Crippen MR) is 92.4 cm³/mol. The van der Waals surface area contributed by atoms with Crippen LogP contribution in [0.5, 0.6) is 5.75 Å². The molecule has 0 aliphatic carbocycles. The first-order valence-corrected chi connectivity index (χ1v) is 8.05. The van der Waals surface area contributed by atoms with Crippen molar-refractivity contribution in [3.05, 3.63) is 42.0 Å². The van der Waals surface area contributed by atoms with Gasteiger partial charge in [0, 0.05) is 31.7 Å². The van der Waals surface area contributed by atoms with Crippen LogP contribution < -0.4 is 20.3 Å². The maximum absolute atomic E-state index is 13.4. The Morgan fingerprint density at radius 2 is 2.04 bits per heavy atom. The van der Waals surface area contributed by atoms with Gasteiger partial charge in [-0.3, -0.25) is 4.79 Å². The van der Waals surface area contributed by atoms with Crippen molar-refractivity contribution in [3.8, 4) is 5.75 Å². The number of aromatic nitrogens is 2. The number of nitrogens with zero attached hydrogens (tertiary/aromatic N) is 3. The summed E-state index contributed by atoms with van der Waals surface area (Å²) < 4.78 is 18.5. The lowest BCUT2D eigenvalue weighted by Gasteiger charge is -2.27. The topological polar surface area (TPSA) is 79.4 Å². The number of carbonyl (C=O) groups excluding carboxylic acids is 1. The zero-order chi connectivity index (χ0) is 17.6. The van der Waals surface area contributed by atoms with E-state index in [1.54, 1.807) is 12.4 Å². The smallest absolute Gasteiger partial charge is 0.229 e. The van der Waals surface area contributed by atoms with E-state index in [9.17, 15) is 9.18 Å². The van der Waals surface area contributed by atoms with E-state index >= 15 is 0 Å². The third-order valence-electron chi connectivity index (χ3n) is 3.92. The molecule has 0 unspecified atom stereocenters. The van der Waals surface area contributed by atoms with Gasteiger partial charge in [-0.1, -0.05) is 0 Å². The number of nitrogens with one attached hydrogen (secondary N) is 2. The van der Waals surface area contributed by atoms with Crippen LogP contribution in [0, 0.1) is 5.82 Å². The highest BCUT2D eigenvalue weighted by Gasteiger charge is 2.14. The summed E-state index contributed by atoms with van der Waals surface area (Å²) in [4.78, 5) is 22.9. The molecule has 25 heavy (non-hydrogen) atoms. The summed E-state index contributed by atoms with van der Waals surface area (Å²) in [6, 6.07) is 4.09. The number of methoxy groups -OCH3 is 1. The van der Waals surface area contributed by atoms with Gasteiger partial charge in [0.1, 0.15) is 11.6 Å². The van der Waals surface area contributed by atoms with Gasteiger partial charge in [0.2, 0.25) is 11.9 Å². The van der Waals surface area contributed by atoms with Crippen LogP contribution in [0.15, 0.2) is 30.6 Å². The van der Waals surface area contributed by atoms with Gasteiger partial charge in [-0.15, -0.1) is 0 Å². The van der Waals surface area contributed by atoms with Crippen molar-refractivity contribution in [1.82, 2.24) is 15.3 Å². The fourth-order valence-electron chi connectivity index (χ4n) is 2.68. The number of ether oxygens (including phenoxy) is 1. The van der Waals surface area contributed by atoms with Crippen LogP contribution in [0.2, 0.25) is 0 Å². The van der Waals surface area contributed by atoms with Gasteiger partial charge in [0.25, 0.3) is 0 Å². The first kappa shape index (κ1) is 17.1. The molecule has 1 fully saturated rings. The minimum Gasteiger partial charge on any atom is -0.496 e. The SMILES string of the molecule is COc1ccc(F)cc1CC(=O)Nc1cnc(N2CCNCC2)nc1. The van der Waals surface area contributed by atoms with E-state index in [4.69, 9.17) is 4.74 Å². The van der Waals surface area contributed by atoms with E-state index in [2.05, 4.69) is 25.5 Å². The Labute approximate surface area is 145 Å². The molecule has 0 spiro atoms. The van der Waals surface area contributed by atoms with Gasteiger partial charge in [-0.2, -0.15) is 0 Å². The number of hydrogen-bond donors (Lipinski definition) is 2. The maximum atomic E-state index is 13.4. The number of benzene rings is 1. The largest absolute Gasteiger partial charge is 0.496 e.